The molecule has 6 nitrogen and oxygen atoms in total. The number of rotatable bonds is 9. The number of nitrogens with zero attached hydrogens (tertiary/aromatic N) is 3. The molecule has 0 aliphatic carbocycles. The molecule has 1 amide bonds. The standard InChI is InChI=1S/C12H23N5O/c1-2-3-4-5-6-7-17-10-11(15-16-17)9-14-12(18)8-13/h10H,2-9,13H2,1H3,(H,14,18). The number of unbranched alkanes of at least 4 members (excludes halogenated alkanes) is 4. The molecule has 0 radical (unpaired) electrons. The number of amides is 1. The monoisotopic (exact) mass is 253 g/mol. The first-order valence-corrected chi connectivity index (χ1v) is 6.62. The average Bonchev–Trinajstić information content (AvgIpc) is 2.83. The van der Waals surface area contributed by atoms with Gasteiger partial charge < -0.3 is 11.1 Å². The Hall–Kier alpha value is -1.43. The quantitative estimate of drug-likeness (QED) is 0.638. The number of hydrogen-bond donors (Lipinski definition) is 2. The minimum Gasteiger partial charge on any atom is -0.349 e. The molecule has 102 valence electrons. The summed E-state index contributed by atoms with van der Waals surface area (Å²) in [6.45, 7) is 3.50. The second kappa shape index (κ2) is 8.63. The van der Waals surface area contributed by atoms with Crippen LogP contribution in [0.1, 0.15) is 44.7 Å². The van der Waals surface area contributed by atoms with Gasteiger partial charge in [-0.1, -0.05) is 37.8 Å². The Kier molecular flexibility index (Phi) is 7.01. The molecular formula is C12H23N5O. The molecule has 0 fully saturated rings. The molecule has 6 heteroatoms. The van der Waals surface area contributed by atoms with Gasteiger partial charge in [0.05, 0.1) is 19.3 Å². The third-order valence-electron chi connectivity index (χ3n) is 2.73. The molecule has 0 spiro atoms. The maximum absolute atomic E-state index is 11.0. The van der Waals surface area contributed by atoms with Crippen molar-refractivity contribution >= 4 is 5.91 Å². The van der Waals surface area contributed by atoms with Crippen molar-refractivity contribution in [3.05, 3.63) is 11.9 Å². The lowest BCUT2D eigenvalue weighted by molar-refractivity contribution is -0.119. The highest BCUT2D eigenvalue weighted by Crippen LogP contribution is 2.04. The molecule has 18 heavy (non-hydrogen) atoms. The lowest BCUT2D eigenvalue weighted by atomic mass is 10.1. The third-order valence-corrected chi connectivity index (χ3v) is 2.73. The Balaban J connectivity index is 2.19. The molecule has 0 unspecified atom stereocenters. The molecule has 0 aliphatic heterocycles. The van der Waals surface area contributed by atoms with Crippen LogP contribution in [0.2, 0.25) is 0 Å². The van der Waals surface area contributed by atoms with E-state index in [0.717, 1.165) is 18.7 Å². The maximum Gasteiger partial charge on any atom is 0.234 e. The van der Waals surface area contributed by atoms with E-state index in [9.17, 15) is 4.79 Å². The average molecular weight is 253 g/mol. The van der Waals surface area contributed by atoms with Crippen LogP contribution in [0.5, 0.6) is 0 Å². The molecular weight excluding hydrogens is 230 g/mol. The zero-order chi connectivity index (χ0) is 13.2. The minimum atomic E-state index is -0.177. The summed E-state index contributed by atoms with van der Waals surface area (Å²) in [6, 6.07) is 0. The van der Waals surface area contributed by atoms with Crippen molar-refractivity contribution < 1.29 is 4.79 Å². The smallest absolute Gasteiger partial charge is 0.234 e. The summed E-state index contributed by atoms with van der Waals surface area (Å²) in [7, 11) is 0. The fourth-order valence-electron chi connectivity index (χ4n) is 1.67. The van der Waals surface area contributed by atoms with Gasteiger partial charge in [0.15, 0.2) is 0 Å². The zero-order valence-electron chi connectivity index (χ0n) is 11.1. The van der Waals surface area contributed by atoms with Gasteiger partial charge in [0.2, 0.25) is 5.91 Å². The molecule has 0 aromatic carbocycles. The van der Waals surface area contributed by atoms with Crippen molar-refractivity contribution in [3.63, 3.8) is 0 Å². The van der Waals surface area contributed by atoms with Crippen LogP contribution in [0.3, 0.4) is 0 Å². The molecule has 1 rings (SSSR count). The van der Waals surface area contributed by atoms with E-state index in [-0.39, 0.29) is 12.5 Å². The number of aryl methyl sites for hydroxylation is 1. The summed E-state index contributed by atoms with van der Waals surface area (Å²) in [5.74, 6) is -0.177. The predicted molar refractivity (Wildman–Crippen MR) is 69.7 cm³/mol. The van der Waals surface area contributed by atoms with E-state index in [0.29, 0.717) is 6.54 Å². The normalized spacial score (nSPS) is 10.6. The van der Waals surface area contributed by atoms with Gasteiger partial charge in [-0.15, -0.1) is 5.10 Å². The van der Waals surface area contributed by atoms with Gasteiger partial charge >= 0.3 is 0 Å². The predicted octanol–water partition coefficient (Wildman–Crippen LogP) is 0.823. The largest absolute Gasteiger partial charge is 0.349 e. The Labute approximate surface area is 108 Å². The minimum absolute atomic E-state index is 0.00552. The number of nitrogens with one attached hydrogen (secondary N) is 1. The third kappa shape index (κ3) is 5.77. The summed E-state index contributed by atoms with van der Waals surface area (Å²) in [4.78, 5) is 11.0. The molecule has 0 bridgehead atoms. The van der Waals surface area contributed by atoms with Gasteiger partial charge in [0, 0.05) is 6.54 Å². The first-order chi connectivity index (χ1) is 8.76. The lowest BCUT2D eigenvalue weighted by Gasteiger charge is -2.00. The highest BCUT2D eigenvalue weighted by Gasteiger charge is 2.02. The second-order valence-electron chi connectivity index (χ2n) is 4.37. The number of carbonyl (C=O) groups is 1. The van der Waals surface area contributed by atoms with Gasteiger partial charge in [-0.25, -0.2) is 0 Å². The molecule has 3 N–H and O–H groups in total. The summed E-state index contributed by atoms with van der Waals surface area (Å²) >= 11 is 0. The number of hydrogen-bond acceptors (Lipinski definition) is 4. The van der Waals surface area contributed by atoms with E-state index < -0.39 is 0 Å². The van der Waals surface area contributed by atoms with E-state index >= 15 is 0 Å². The van der Waals surface area contributed by atoms with Gasteiger partial charge in [-0.05, 0) is 6.42 Å². The fraction of sp³-hybridized carbons (Fsp3) is 0.750. The molecule has 1 aromatic heterocycles. The van der Waals surface area contributed by atoms with Crippen LogP contribution in [0.15, 0.2) is 6.20 Å². The summed E-state index contributed by atoms with van der Waals surface area (Å²) in [5.41, 5.74) is 5.96. The number of nitrogens with two attached hydrogens (primary N) is 1. The van der Waals surface area contributed by atoms with Gasteiger partial charge in [0.25, 0.3) is 0 Å². The van der Waals surface area contributed by atoms with E-state index in [1.54, 1.807) is 0 Å². The lowest BCUT2D eigenvalue weighted by Crippen LogP contribution is -2.29. The van der Waals surface area contributed by atoms with Crippen LogP contribution in [0.25, 0.3) is 0 Å². The van der Waals surface area contributed by atoms with Crippen molar-refractivity contribution in [1.29, 1.82) is 0 Å². The number of aromatic nitrogens is 3. The van der Waals surface area contributed by atoms with Crippen molar-refractivity contribution in [3.8, 4) is 0 Å². The van der Waals surface area contributed by atoms with Crippen molar-refractivity contribution in [2.75, 3.05) is 6.54 Å². The molecule has 0 aliphatic rings. The van der Waals surface area contributed by atoms with E-state index in [1.165, 1.54) is 25.7 Å². The highest BCUT2D eigenvalue weighted by atomic mass is 16.1. The second-order valence-corrected chi connectivity index (χ2v) is 4.37. The van der Waals surface area contributed by atoms with Crippen molar-refractivity contribution in [1.82, 2.24) is 20.3 Å². The SMILES string of the molecule is CCCCCCCn1cc(CNC(=O)CN)nn1. The summed E-state index contributed by atoms with van der Waals surface area (Å²) in [5, 5.41) is 10.7. The van der Waals surface area contributed by atoms with Gasteiger partial charge in [0.1, 0.15) is 5.69 Å². The Morgan fingerprint density at radius 3 is 2.89 bits per heavy atom. The summed E-state index contributed by atoms with van der Waals surface area (Å²) < 4.78 is 1.83. The van der Waals surface area contributed by atoms with Crippen LogP contribution < -0.4 is 11.1 Å². The van der Waals surface area contributed by atoms with Crippen LogP contribution >= 0.6 is 0 Å². The Bertz CT molecular complexity index is 350. The van der Waals surface area contributed by atoms with Crippen molar-refractivity contribution in [2.24, 2.45) is 5.73 Å². The first-order valence-electron chi connectivity index (χ1n) is 6.62. The van der Waals surface area contributed by atoms with Crippen molar-refractivity contribution in [2.45, 2.75) is 52.1 Å². The fourth-order valence-corrected chi connectivity index (χ4v) is 1.67. The van der Waals surface area contributed by atoms with Gasteiger partial charge in [-0.3, -0.25) is 9.48 Å². The molecule has 0 saturated carbocycles. The number of carbonyl (C=O) groups excluding carboxylic acids is 1. The summed E-state index contributed by atoms with van der Waals surface area (Å²) in [6.07, 6.45) is 8.06. The highest BCUT2D eigenvalue weighted by molar-refractivity contribution is 5.77. The first kappa shape index (κ1) is 14.6. The topological polar surface area (TPSA) is 85.8 Å². The van der Waals surface area contributed by atoms with Crippen LogP contribution in [-0.2, 0) is 17.9 Å². The zero-order valence-corrected chi connectivity index (χ0v) is 11.1. The van der Waals surface area contributed by atoms with E-state index in [2.05, 4.69) is 22.6 Å². The van der Waals surface area contributed by atoms with Crippen LogP contribution in [0, 0.1) is 0 Å². The van der Waals surface area contributed by atoms with Crippen LogP contribution in [0.4, 0.5) is 0 Å². The van der Waals surface area contributed by atoms with Gasteiger partial charge in [-0.2, -0.15) is 0 Å². The Morgan fingerprint density at radius 1 is 1.39 bits per heavy atom. The van der Waals surface area contributed by atoms with E-state index in [1.807, 2.05) is 10.9 Å². The molecule has 0 atom stereocenters. The molecule has 1 aromatic rings. The maximum atomic E-state index is 11.0. The van der Waals surface area contributed by atoms with Crippen LogP contribution in [-0.4, -0.2) is 27.4 Å². The van der Waals surface area contributed by atoms with E-state index in [4.69, 9.17) is 5.73 Å². The Morgan fingerprint density at radius 2 is 2.17 bits per heavy atom. The molecule has 1 heterocycles. The molecule has 0 saturated heterocycles.